The molecule has 2 atom stereocenters. The molecule has 0 aromatic carbocycles. The molecule has 3 rings (SSSR count). The van der Waals surface area contributed by atoms with Gasteiger partial charge < -0.3 is 26.7 Å². The number of hydrogen-bond donors (Lipinski definition) is 3. The van der Waals surface area contributed by atoms with Crippen LogP contribution in [0.3, 0.4) is 0 Å². The van der Waals surface area contributed by atoms with E-state index in [9.17, 15) is 19.5 Å². The van der Waals surface area contributed by atoms with E-state index in [0.717, 1.165) is 12.0 Å². The first-order chi connectivity index (χ1) is 12.9. The predicted octanol–water partition coefficient (Wildman–Crippen LogP) is -3.18. The highest BCUT2D eigenvalue weighted by Gasteiger charge is 2.50. The Morgan fingerprint density at radius 3 is 2.96 bits per heavy atom. The second kappa shape index (κ2) is 7.61. The number of thioether (sulfide) groups is 1. The van der Waals surface area contributed by atoms with Crippen molar-refractivity contribution in [3.8, 4) is 0 Å². The van der Waals surface area contributed by atoms with Crippen LogP contribution in [0.4, 0.5) is 5.82 Å². The molecule has 0 spiro atoms. The fourth-order valence-electron chi connectivity index (χ4n) is 3.35. The molecule has 2 aliphatic rings. The summed E-state index contributed by atoms with van der Waals surface area (Å²) in [5.41, 5.74) is 13.3. The maximum Gasteiger partial charge on any atom is 0.248 e. The van der Waals surface area contributed by atoms with Gasteiger partial charge in [-0.05, 0) is 12.8 Å². The van der Waals surface area contributed by atoms with Gasteiger partial charge in [0.15, 0.2) is 12.4 Å². The Kier molecular flexibility index (Phi) is 5.42. The van der Waals surface area contributed by atoms with Crippen molar-refractivity contribution in [3.05, 3.63) is 23.0 Å². The van der Waals surface area contributed by atoms with E-state index in [4.69, 9.17) is 11.5 Å². The standard InChI is InChI=1S/C16H22N6O4S/c1-20-13(18)9(3-2-4-19-8-23)5-21(20)6-10-7-27-15-11(17)14(24)22(15)12(10)16(25)26/h5,8,11,15,18H,2-4,6-7,17H2,1H3,(H2,19,23,25,26)/t11-,15-/m1/s1. The van der Waals surface area contributed by atoms with E-state index < -0.39 is 17.9 Å². The summed E-state index contributed by atoms with van der Waals surface area (Å²) in [6.07, 6.45) is 3.92. The second-order valence-electron chi connectivity index (χ2n) is 6.51. The summed E-state index contributed by atoms with van der Waals surface area (Å²) in [4.78, 5) is 35.2. The molecule has 5 N–H and O–H groups in total. The fraction of sp³-hybridized carbons (Fsp3) is 0.500. The number of aromatic nitrogens is 2. The molecule has 11 heteroatoms. The molecule has 0 unspecified atom stereocenters. The molecule has 10 nitrogen and oxygen atoms in total. The highest BCUT2D eigenvalue weighted by atomic mass is 32.2. The van der Waals surface area contributed by atoms with Crippen LogP contribution in [-0.2, 0) is 34.4 Å². The number of nitrogens with zero attached hydrogens (tertiary/aromatic N) is 3. The van der Waals surface area contributed by atoms with Crippen LogP contribution in [0.25, 0.3) is 0 Å². The topological polar surface area (TPSA) is 150 Å². The Morgan fingerprint density at radius 2 is 2.30 bits per heavy atom. The summed E-state index contributed by atoms with van der Waals surface area (Å²) in [5, 5.41) is 13.9. The van der Waals surface area contributed by atoms with E-state index in [-0.39, 0.29) is 17.6 Å². The molecular weight excluding hydrogens is 372 g/mol. The molecule has 2 amide bonds. The third-order valence-electron chi connectivity index (χ3n) is 4.85. The Labute approximate surface area is 160 Å². The third-order valence-corrected chi connectivity index (χ3v) is 6.21. The van der Waals surface area contributed by atoms with E-state index >= 15 is 0 Å². The van der Waals surface area contributed by atoms with E-state index in [2.05, 4.69) is 5.32 Å². The van der Waals surface area contributed by atoms with Crippen LogP contribution >= 0.6 is 11.8 Å². The molecule has 1 saturated heterocycles. The number of β-lactam (4-membered cyclic amide) rings is 1. The number of aliphatic carboxylic acids is 1. The first-order valence-corrected chi connectivity index (χ1v) is 9.56. The molecule has 146 valence electrons. The van der Waals surface area contributed by atoms with Gasteiger partial charge >= 0.3 is 0 Å². The normalized spacial score (nSPS) is 21.7. The quantitative estimate of drug-likeness (QED) is 0.182. The van der Waals surface area contributed by atoms with Gasteiger partial charge in [0.1, 0.15) is 11.4 Å². The lowest BCUT2D eigenvalue weighted by atomic mass is 10.0. The minimum atomic E-state index is -1.38. The van der Waals surface area contributed by atoms with Crippen molar-refractivity contribution in [1.29, 1.82) is 0 Å². The number of amides is 2. The number of rotatable bonds is 8. The van der Waals surface area contributed by atoms with Gasteiger partial charge in [-0.25, -0.2) is 0 Å². The molecule has 0 saturated carbocycles. The van der Waals surface area contributed by atoms with Crippen LogP contribution in [-0.4, -0.2) is 51.6 Å². The summed E-state index contributed by atoms with van der Waals surface area (Å²) in [7, 11) is 1.78. The maximum atomic E-state index is 12.0. The van der Waals surface area contributed by atoms with Crippen LogP contribution in [0.5, 0.6) is 0 Å². The summed E-state index contributed by atoms with van der Waals surface area (Å²) < 4.78 is 3.55. The van der Waals surface area contributed by atoms with Gasteiger partial charge in [0, 0.05) is 17.9 Å². The number of carbonyl (C=O) groups is 3. The lowest BCUT2D eigenvalue weighted by Crippen LogP contribution is -2.69. The minimum absolute atomic E-state index is 0.0885. The second-order valence-corrected chi connectivity index (χ2v) is 7.62. The summed E-state index contributed by atoms with van der Waals surface area (Å²) in [6, 6.07) is -0.671. The van der Waals surface area contributed by atoms with Crippen LogP contribution in [0.15, 0.2) is 17.5 Å². The van der Waals surface area contributed by atoms with Crippen LogP contribution in [0.1, 0.15) is 12.0 Å². The Balaban J connectivity index is 1.82. The number of nitrogen functional groups attached to an aromatic ring is 1. The number of aryl methyl sites for hydroxylation is 1. The third kappa shape index (κ3) is 3.39. The van der Waals surface area contributed by atoms with E-state index in [1.807, 2.05) is 6.20 Å². The van der Waals surface area contributed by atoms with E-state index in [0.29, 0.717) is 36.5 Å². The molecule has 3 heterocycles. The van der Waals surface area contributed by atoms with Crippen LogP contribution in [0, 0.1) is 0 Å². The zero-order valence-electron chi connectivity index (χ0n) is 14.9. The van der Waals surface area contributed by atoms with Crippen molar-refractivity contribution in [2.24, 2.45) is 12.8 Å². The lowest BCUT2D eigenvalue weighted by Gasteiger charge is -2.49. The number of carboxylic acids is 1. The molecule has 2 aliphatic heterocycles. The SMILES string of the molecule is Cn1c(N)c(CCCNC=O)c[n+]1CC1=C(C(=O)[O-])N2C(=O)[C@@H](N)[C@H]2SC1. The number of nitrogens with one attached hydrogen (secondary N) is 1. The molecule has 1 fully saturated rings. The van der Waals surface area contributed by atoms with Crippen molar-refractivity contribution in [1.82, 2.24) is 14.9 Å². The Hall–Kier alpha value is -2.53. The van der Waals surface area contributed by atoms with Gasteiger partial charge in [-0.2, -0.15) is 0 Å². The molecule has 1 aromatic rings. The van der Waals surface area contributed by atoms with Crippen molar-refractivity contribution in [2.75, 3.05) is 18.0 Å². The Morgan fingerprint density at radius 1 is 1.56 bits per heavy atom. The monoisotopic (exact) mass is 394 g/mol. The van der Waals surface area contributed by atoms with Crippen molar-refractivity contribution < 1.29 is 24.2 Å². The average molecular weight is 394 g/mol. The molecule has 0 radical (unpaired) electrons. The predicted molar refractivity (Wildman–Crippen MR) is 95.5 cm³/mol. The maximum absolute atomic E-state index is 12.0. The first-order valence-electron chi connectivity index (χ1n) is 8.51. The van der Waals surface area contributed by atoms with E-state index in [1.165, 1.54) is 16.7 Å². The van der Waals surface area contributed by atoms with Gasteiger partial charge in [-0.15, -0.1) is 21.1 Å². The number of nitrogens with two attached hydrogens (primary N) is 2. The molecule has 0 bridgehead atoms. The fourth-order valence-corrected chi connectivity index (χ4v) is 4.63. The molecule has 1 aromatic heterocycles. The summed E-state index contributed by atoms with van der Waals surface area (Å²) in [6.45, 7) is 0.822. The summed E-state index contributed by atoms with van der Waals surface area (Å²) in [5.74, 6) is -0.760. The average Bonchev–Trinajstić information content (AvgIpc) is 2.92. The highest BCUT2D eigenvalue weighted by Crippen LogP contribution is 2.39. The lowest BCUT2D eigenvalue weighted by molar-refractivity contribution is -0.765. The van der Waals surface area contributed by atoms with Gasteiger partial charge in [-0.1, -0.05) is 0 Å². The summed E-state index contributed by atoms with van der Waals surface area (Å²) >= 11 is 1.45. The van der Waals surface area contributed by atoms with Gasteiger partial charge in [-0.3, -0.25) is 14.5 Å². The number of carbonyl (C=O) groups excluding carboxylic acids is 3. The Bertz CT molecular complexity index is 820. The van der Waals surface area contributed by atoms with Gasteiger partial charge in [0.2, 0.25) is 18.5 Å². The van der Waals surface area contributed by atoms with Gasteiger partial charge in [0.05, 0.1) is 24.3 Å². The smallest absolute Gasteiger partial charge is 0.248 e. The minimum Gasteiger partial charge on any atom is -0.543 e. The van der Waals surface area contributed by atoms with Crippen LogP contribution < -0.4 is 26.6 Å². The molecule has 27 heavy (non-hydrogen) atoms. The number of anilines is 1. The van der Waals surface area contributed by atoms with Gasteiger partial charge in [0.25, 0.3) is 0 Å². The highest BCUT2D eigenvalue weighted by molar-refractivity contribution is 8.00. The number of fused-ring (bicyclic) bond motifs is 1. The number of hydrogen-bond acceptors (Lipinski definition) is 7. The van der Waals surface area contributed by atoms with E-state index in [1.54, 1.807) is 16.4 Å². The zero-order chi connectivity index (χ0) is 19.7. The molecule has 0 aliphatic carbocycles. The first kappa shape index (κ1) is 19.2. The van der Waals surface area contributed by atoms with Crippen molar-refractivity contribution in [2.45, 2.75) is 30.8 Å². The van der Waals surface area contributed by atoms with Crippen molar-refractivity contribution in [3.63, 3.8) is 0 Å². The largest absolute Gasteiger partial charge is 0.543 e. The zero-order valence-corrected chi connectivity index (χ0v) is 15.7. The molecular formula is C16H22N6O4S. The number of carboxylic acid groups (broad SMARTS) is 1. The van der Waals surface area contributed by atoms with Crippen molar-refractivity contribution >= 4 is 35.9 Å². The van der Waals surface area contributed by atoms with Crippen LogP contribution in [0.2, 0.25) is 0 Å².